The average molecular weight is 247 g/mol. The fourth-order valence-electron chi connectivity index (χ4n) is 2.26. The molecule has 2 heterocycles. The van der Waals surface area contributed by atoms with Gasteiger partial charge in [0.2, 0.25) is 0 Å². The standard InChI is InChI=1S/C13H11ClN2O/c1-2-8-13-7(6-11(14)15-8)12-9(16-13)4-3-5-10(12)17/h3-6,15-16H,2H2,1H3. The first-order valence-electron chi connectivity index (χ1n) is 5.53. The number of benzene rings is 1. The van der Waals surface area contributed by atoms with Crippen LogP contribution in [0, 0.1) is 0 Å². The summed E-state index contributed by atoms with van der Waals surface area (Å²) in [7, 11) is 0. The van der Waals surface area contributed by atoms with Crippen molar-refractivity contribution >= 4 is 33.4 Å². The zero-order valence-electron chi connectivity index (χ0n) is 9.30. The third kappa shape index (κ3) is 1.46. The van der Waals surface area contributed by atoms with Gasteiger partial charge in [-0.05, 0) is 24.6 Å². The molecule has 0 unspecified atom stereocenters. The van der Waals surface area contributed by atoms with Crippen LogP contribution in [0.5, 0.6) is 0 Å². The van der Waals surface area contributed by atoms with E-state index in [-0.39, 0.29) is 5.43 Å². The lowest BCUT2D eigenvalue weighted by Gasteiger charge is -2.01. The Morgan fingerprint density at radius 2 is 2.12 bits per heavy atom. The first-order chi connectivity index (χ1) is 8.20. The summed E-state index contributed by atoms with van der Waals surface area (Å²) in [6.07, 6.45) is 0.831. The summed E-state index contributed by atoms with van der Waals surface area (Å²) in [4.78, 5) is 18.3. The van der Waals surface area contributed by atoms with E-state index in [1.165, 1.54) is 0 Å². The first kappa shape index (κ1) is 10.4. The van der Waals surface area contributed by atoms with E-state index in [0.29, 0.717) is 10.5 Å². The highest BCUT2D eigenvalue weighted by atomic mass is 35.5. The number of aryl methyl sites for hydroxylation is 1. The number of aromatic amines is 2. The fourth-order valence-corrected chi connectivity index (χ4v) is 2.48. The topological polar surface area (TPSA) is 48.6 Å². The molecule has 0 fully saturated rings. The molecule has 3 nitrogen and oxygen atoms in total. The van der Waals surface area contributed by atoms with Crippen molar-refractivity contribution in [1.29, 1.82) is 0 Å². The maximum Gasteiger partial charge on any atom is 0.188 e. The Morgan fingerprint density at radius 1 is 1.29 bits per heavy atom. The zero-order chi connectivity index (χ0) is 12.0. The Balaban J connectivity index is 2.62. The SMILES string of the molecule is CCc1[nH]c(Cl)cc2c1[nH]c1cccc(=O)c12. The number of rotatable bonds is 1. The third-order valence-electron chi connectivity index (χ3n) is 3.02. The van der Waals surface area contributed by atoms with E-state index in [1.54, 1.807) is 18.2 Å². The predicted molar refractivity (Wildman–Crippen MR) is 70.8 cm³/mol. The van der Waals surface area contributed by atoms with Crippen molar-refractivity contribution in [3.63, 3.8) is 0 Å². The van der Waals surface area contributed by atoms with Crippen LogP contribution >= 0.6 is 11.6 Å². The van der Waals surface area contributed by atoms with E-state index in [2.05, 4.69) is 9.97 Å². The van der Waals surface area contributed by atoms with Crippen molar-refractivity contribution < 1.29 is 0 Å². The van der Waals surface area contributed by atoms with Crippen LogP contribution in [0.1, 0.15) is 12.6 Å². The lowest BCUT2D eigenvalue weighted by molar-refractivity contribution is 1.05. The number of halogens is 1. The number of pyridine rings is 1. The molecule has 0 amide bonds. The van der Waals surface area contributed by atoms with Gasteiger partial charge in [0.15, 0.2) is 5.43 Å². The van der Waals surface area contributed by atoms with Gasteiger partial charge >= 0.3 is 0 Å². The number of fused-ring (bicyclic) bond motifs is 3. The molecule has 86 valence electrons. The van der Waals surface area contributed by atoms with Crippen molar-refractivity contribution in [3.8, 4) is 0 Å². The molecule has 0 bridgehead atoms. The molecule has 0 aliphatic heterocycles. The highest BCUT2D eigenvalue weighted by Gasteiger charge is 2.10. The van der Waals surface area contributed by atoms with Crippen LogP contribution in [0.25, 0.3) is 21.8 Å². The number of nitrogens with one attached hydrogen (secondary N) is 2. The molecule has 3 aromatic rings. The van der Waals surface area contributed by atoms with Crippen molar-refractivity contribution in [2.45, 2.75) is 13.3 Å². The smallest absolute Gasteiger partial charge is 0.188 e. The van der Waals surface area contributed by atoms with Gasteiger partial charge in [-0.15, -0.1) is 0 Å². The van der Waals surface area contributed by atoms with Gasteiger partial charge in [-0.1, -0.05) is 24.6 Å². The van der Waals surface area contributed by atoms with Crippen LogP contribution in [0.3, 0.4) is 0 Å². The van der Waals surface area contributed by atoms with E-state index in [4.69, 9.17) is 11.6 Å². The van der Waals surface area contributed by atoms with Crippen molar-refractivity contribution in [2.24, 2.45) is 0 Å². The minimum atomic E-state index is 0.0260. The second kappa shape index (κ2) is 3.64. The molecule has 4 heteroatoms. The Kier molecular flexibility index (Phi) is 2.23. The van der Waals surface area contributed by atoms with Gasteiger partial charge in [0.05, 0.1) is 16.4 Å². The van der Waals surface area contributed by atoms with E-state index < -0.39 is 0 Å². The summed E-state index contributed by atoms with van der Waals surface area (Å²) in [6, 6.07) is 7.04. The van der Waals surface area contributed by atoms with Gasteiger partial charge < -0.3 is 9.97 Å². The lowest BCUT2D eigenvalue weighted by Crippen LogP contribution is -1.96. The van der Waals surface area contributed by atoms with Crippen LogP contribution in [0.4, 0.5) is 0 Å². The van der Waals surface area contributed by atoms with Gasteiger partial charge in [-0.2, -0.15) is 0 Å². The minimum absolute atomic E-state index is 0.0260. The first-order valence-corrected chi connectivity index (χ1v) is 5.90. The molecule has 0 saturated heterocycles. The van der Waals surface area contributed by atoms with Crippen LogP contribution in [0.15, 0.2) is 29.1 Å². The monoisotopic (exact) mass is 246 g/mol. The molecule has 17 heavy (non-hydrogen) atoms. The molecule has 0 radical (unpaired) electrons. The Labute approximate surface area is 102 Å². The third-order valence-corrected chi connectivity index (χ3v) is 3.22. The molecule has 0 aliphatic rings. The van der Waals surface area contributed by atoms with E-state index in [9.17, 15) is 4.79 Å². The van der Waals surface area contributed by atoms with E-state index >= 15 is 0 Å². The average Bonchev–Trinajstić information content (AvgIpc) is 2.67. The van der Waals surface area contributed by atoms with Crippen LogP contribution < -0.4 is 5.43 Å². The number of hydrogen-bond donors (Lipinski definition) is 2. The van der Waals surface area contributed by atoms with Crippen LogP contribution in [-0.2, 0) is 6.42 Å². The summed E-state index contributed by atoms with van der Waals surface area (Å²) in [5.74, 6) is 0. The summed E-state index contributed by atoms with van der Waals surface area (Å²) >= 11 is 6.04. The maximum absolute atomic E-state index is 11.9. The molecular formula is C13H11ClN2O. The molecule has 2 N–H and O–H groups in total. The van der Waals surface area contributed by atoms with Crippen LogP contribution in [0.2, 0.25) is 5.15 Å². The summed E-state index contributed by atoms with van der Waals surface area (Å²) in [5.41, 5.74) is 2.87. The van der Waals surface area contributed by atoms with E-state index in [0.717, 1.165) is 28.5 Å². The largest absolute Gasteiger partial charge is 0.353 e. The Morgan fingerprint density at radius 3 is 2.88 bits per heavy atom. The van der Waals surface area contributed by atoms with Gasteiger partial charge in [-0.25, -0.2) is 0 Å². The molecule has 1 aromatic carbocycles. The number of H-pyrrole nitrogens is 2. The van der Waals surface area contributed by atoms with Crippen LogP contribution in [-0.4, -0.2) is 9.97 Å². The summed E-state index contributed by atoms with van der Waals surface area (Å²) in [6.45, 7) is 2.05. The van der Waals surface area contributed by atoms with Gasteiger partial charge in [-0.3, -0.25) is 4.79 Å². The lowest BCUT2D eigenvalue weighted by atomic mass is 10.1. The highest BCUT2D eigenvalue weighted by molar-refractivity contribution is 6.30. The summed E-state index contributed by atoms with van der Waals surface area (Å²) in [5, 5.41) is 2.16. The quantitative estimate of drug-likeness (QED) is 0.637. The summed E-state index contributed by atoms with van der Waals surface area (Å²) < 4.78 is 0. The molecule has 0 saturated carbocycles. The van der Waals surface area contributed by atoms with Gasteiger partial charge in [0.1, 0.15) is 5.15 Å². The highest BCUT2D eigenvalue weighted by Crippen LogP contribution is 2.27. The Bertz CT molecular complexity index is 770. The molecule has 0 atom stereocenters. The Hall–Kier alpha value is -1.74. The molecule has 2 aromatic heterocycles. The minimum Gasteiger partial charge on any atom is -0.353 e. The van der Waals surface area contributed by atoms with Crippen molar-refractivity contribution in [3.05, 3.63) is 45.3 Å². The number of hydrogen-bond acceptors (Lipinski definition) is 1. The molecule has 0 spiro atoms. The molecule has 0 aliphatic carbocycles. The zero-order valence-corrected chi connectivity index (χ0v) is 10.1. The second-order valence-electron chi connectivity index (χ2n) is 4.04. The molecule has 3 rings (SSSR count). The van der Waals surface area contributed by atoms with Crippen molar-refractivity contribution in [1.82, 2.24) is 9.97 Å². The predicted octanol–water partition coefficient (Wildman–Crippen LogP) is 3.23. The maximum atomic E-state index is 11.9. The normalized spacial score (nSPS) is 11.4. The van der Waals surface area contributed by atoms with Crippen molar-refractivity contribution in [2.75, 3.05) is 0 Å². The van der Waals surface area contributed by atoms with E-state index in [1.807, 2.05) is 13.0 Å². The number of aromatic nitrogens is 2. The van der Waals surface area contributed by atoms with Gasteiger partial charge in [0, 0.05) is 11.1 Å². The fraction of sp³-hybridized carbons (Fsp3) is 0.154. The second-order valence-corrected chi connectivity index (χ2v) is 4.45. The van der Waals surface area contributed by atoms with Gasteiger partial charge in [0.25, 0.3) is 0 Å². The molecular weight excluding hydrogens is 236 g/mol.